The van der Waals surface area contributed by atoms with E-state index in [0.29, 0.717) is 12.8 Å². The predicted octanol–water partition coefficient (Wildman–Crippen LogP) is 20.0. The number of allylic oxidation sites excluding steroid dienone is 24. The number of ether oxygens (including phenoxy) is 3. The van der Waals surface area contributed by atoms with E-state index in [1.165, 1.54) is 32.1 Å². The molecule has 0 saturated carbocycles. The largest absolute Gasteiger partial charge is 0.462 e. The molecule has 0 fully saturated rings. The van der Waals surface area contributed by atoms with E-state index < -0.39 is 6.10 Å². The van der Waals surface area contributed by atoms with Crippen LogP contribution in [0.1, 0.15) is 239 Å². The van der Waals surface area contributed by atoms with Crippen molar-refractivity contribution >= 4 is 17.9 Å². The Bertz CT molecular complexity index is 1630. The summed E-state index contributed by atoms with van der Waals surface area (Å²) >= 11 is 0. The SMILES string of the molecule is CC/C=C\C/C=C\C/C=C\C/C=C\CCCCCCCCCCC(=O)OCC(COC(=O)CCCCCC/C=C\C/C=C\C/C=C\C/C=C\CC)OC(=O)CCCCCC/C=C\C/C=C\C/C=C\C/C=C\CC. The van der Waals surface area contributed by atoms with E-state index in [2.05, 4.69) is 167 Å². The molecule has 1 atom stereocenters. The smallest absolute Gasteiger partial charge is 0.306 e. The van der Waals surface area contributed by atoms with Gasteiger partial charge in [0.15, 0.2) is 6.10 Å². The Morgan fingerprint density at radius 3 is 0.767 bits per heavy atom. The molecule has 0 saturated heterocycles. The Balaban J connectivity index is 4.50. The maximum Gasteiger partial charge on any atom is 0.306 e. The van der Waals surface area contributed by atoms with E-state index >= 15 is 0 Å². The molecule has 0 aromatic carbocycles. The lowest BCUT2D eigenvalue weighted by atomic mass is 10.1. The van der Waals surface area contributed by atoms with Gasteiger partial charge in [0.2, 0.25) is 0 Å². The fraction of sp³-hybridized carbons (Fsp3) is 0.597. The molecule has 410 valence electrons. The highest BCUT2D eigenvalue weighted by Gasteiger charge is 2.19. The average molecular weight is 1010 g/mol. The van der Waals surface area contributed by atoms with Gasteiger partial charge in [0.05, 0.1) is 0 Å². The summed E-state index contributed by atoms with van der Waals surface area (Å²) < 4.78 is 16.8. The van der Waals surface area contributed by atoms with Gasteiger partial charge in [-0.1, -0.05) is 231 Å². The molecule has 0 amide bonds. The quantitative estimate of drug-likeness (QED) is 0.0261. The fourth-order valence-electron chi connectivity index (χ4n) is 7.53. The van der Waals surface area contributed by atoms with Crippen LogP contribution in [-0.4, -0.2) is 37.2 Å². The molecule has 0 aliphatic heterocycles. The van der Waals surface area contributed by atoms with Crippen molar-refractivity contribution in [1.82, 2.24) is 0 Å². The van der Waals surface area contributed by atoms with Gasteiger partial charge >= 0.3 is 17.9 Å². The molecule has 0 spiro atoms. The first-order valence-electron chi connectivity index (χ1n) is 29.3. The number of carbonyl (C=O) groups is 3. The monoisotopic (exact) mass is 1010 g/mol. The number of hydrogen-bond donors (Lipinski definition) is 0. The third-order valence-electron chi connectivity index (χ3n) is 11.8. The Morgan fingerprint density at radius 2 is 0.493 bits per heavy atom. The van der Waals surface area contributed by atoms with Crippen molar-refractivity contribution in [3.8, 4) is 0 Å². The molecule has 0 aromatic heterocycles. The summed E-state index contributed by atoms with van der Waals surface area (Å²) in [6.07, 6.45) is 85.5. The van der Waals surface area contributed by atoms with Gasteiger partial charge in [0, 0.05) is 19.3 Å². The molecule has 73 heavy (non-hydrogen) atoms. The molecule has 6 nitrogen and oxygen atoms in total. The Labute approximate surface area is 448 Å². The van der Waals surface area contributed by atoms with E-state index in [9.17, 15) is 14.4 Å². The van der Waals surface area contributed by atoms with Gasteiger partial charge in [-0.15, -0.1) is 0 Å². The molecular weight excluding hydrogens is 901 g/mol. The molecule has 0 heterocycles. The van der Waals surface area contributed by atoms with Crippen molar-refractivity contribution < 1.29 is 28.6 Å². The van der Waals surface area contributed by atoms with Crippen LogP contribution in [0.5, 0.6) is 0 Å². The first kappa shape index (κ1) is 68.3. The van der Waals surface area contributed by atoms with Crippen LogP contribution in [0.4, 0.5) is 0 Å². The van der Waals surface area contributed by atoms with Gasteiger partial charge in [-0.3, -0.25) is 14.4 Å². The summed E-state index contributed by atoms with van der Waals surface area (Å²) in [4.78, 5) is 38.2. The van der Waals surface area contributed by atoms with Gasteiger partial charge in [-0.2, -0.15) is 0 Å². The normalized spacial score (nSPS) is 13.2. The van der Waals surface area contributed by atoms with E-state index in [-0.39, 0.29) is 37.5 Å². The van der Waals surface area contributed by atoms with Crippen LogP contribution in [0, 0.1) is 0 Å². The van der Waals surface area contributed by atoms with Crippen molar-refractivity contribution in [3.63, 3.8) is 0 Å². The highest BCUT2D eigenvalue weighted by atomic mass is 16.6. The highest BCUT2D eigenvalue weighted by molar-refractivity contribution is 5.71. The maximum atomic E-state index is 12.9. The van der Waals surface area contributed by atoms with Crippen molar-refractivity contribution in [3.05, 3.63) is 146 Å². The zero-order valence-electron chi connectivity index (χ0n) is 46.8. The maximum absolute atomic E-state index is 12.9. The minimum atomic E-state index is -0.812. The number of esters is 3. The van der Waals surface area contributed by atoms with Gasteiger partial charge in [0.1, 0.15) is 13.2 Å². The van der Waals surface area contributed by atoms with Crippen molar-refractivity contribution in [2.45, 2.75) is 245 Å². The van der Waals surface area contributed by atoms with Gasteiger partial charge < -0.3 is 14.2 Å². The molecule has 6 heteroatoms. The molecule has 0 aliphatic rings. The minimum absolute atomic E-state index is 0.106. The van der Waals surface area contributed by atoms with Crippen molar-refractivity contribution in [1.29, 1.82) is 0 Å². The number of hydrogen-bond acceptors (Lipinski definition) is 6. The van der Waals surface area contributed by atoms with E-state index in [1.54, 1.807) is 0 Å². The van der Waals surface area contributed by atoms with Crippen LogP contribution >= 0.6 is 0 Å². The van der Waals surface area contributed by atoms with Crippen LogP contribution in [0.2, 0.25) is 0 Å². The fourth-order valence-corrected chi connectivity index (χ4v) is 7.53. The Kier molecular flexibility index (Phi) is 56.0. The minimum Gasteiger partial charge on any atom is -0.462 e. The standard InChI is InChI=1S/C67H106O6/c1-4-7-10-13-16-19-22-25-28-31-32-33-34-37-39-42-45-48-51-54-57-60-66(69)72-63-64(73-67(70)61-58-55-52-49-46-43-40-36-30-27-24-21-18-15-12-9-6-3)62-71-65(68)59-56-53-50-47-44-41-38-35-29-26-23-20-17-14-11-8-5-2/h7-12,16-21,25-30,32-33,38,40-41,43,64H,4-6,13-15,22-24,31,34-37,39,42,44-63H2,1-3H3/b10-7-,11-8-,12-9-,19-16-,20-17-,21-18-,28-25-,29-26-,30-27-,33-32-,41-38-,43-40-. The van der Waals surface area contributed by atoms with Crippen molar-refractivity contribution in [2.24, 2.45) is 0 Å². The summed E-state index contributed by atoms with van der Waals surface area (Å²) in [7, 11) is 0. The lowest BCUT2D eigenvalue weighted by molar-refractivity contribution is -0.167. The number of carbonyl (C=O) groups excluding carboxylic acids is 3. The number of rotatable bonds is 51. The molecule has 0 aliphatic carbocycles. The molecular formula is C67H106O6. The second-order valence-corrected chi connectivity index (χ2v) is 18.8. The first-order chi connectivity index (χ1) is 36.0. The Hall–Kier alpha value is -4.71. The van der Waals surface area contributed by atoms with Crippen LogP contribution in [-0.2, 0) is 28.6 Å². The van der Waals surface area contributed by atoms with Gasteiger partial charge in [0.25, 0.3) is 0 Å². The lowest BCUT2D eigenvalue weighted by Crippen LogP contribution is -2.30. The Morgan fingerprint density at radius 1 is 0.274 bits per heavy atom. The summed E-state index contributed by atoms with van der Waals surface area (Å²) in [6.45, 7) is 6.25. The van der Waals surface area contributed by atoms with E-state index in [0.717, 1.165) is 167 Å². The second-order valence-electron chi connectivity index (χ2n) is 18.8. The summed E-state index contributed by atoms with van der Waals surface area (Å²) in [5.74, 6) is -0.966. The van der Waals surface area contributed by atoms with Crippen LogP contribution in [0.3, 0.4) is 0 Å². The molecule has 0 aromatic rings. The molecule has 0 N–H and O–H groups in total. The summed E-state index contributed by atoms with van der Waals surface area (Å²) in [6, 6.07) is 0. The summed E-state index contributed by atoms with van der Waals surface area (Å²) in [5, 5.41) is 0. The number of unbranched alkanes of at least 4 members (excludes halogenated alkanes) is 16. The first-order valence-corrected chi connectivity index (χ1v) is 29.3. The topological polar surface area (TPSA) is 78.9 Å². The van der Waals surface area contributed by atoms with Crippen LogP contribution < -0.4 is 0 Å². The lowest BCUT2D eigenvalue weighted by Gasteiger charge is -2.18. The van der Waals surface area contributed by atoms with E-state index in [4.69, 9.17) is 14.2 Å². The molecule has 0 bridgehead atoms. The zero-order valence-corrected chi connectivity index (χ0v) is 46.8. The highest BCUT2D eigenvalue weighted by Crippen LogP contribution is 2.14. The predicted molar refractivity (Wildman–Crippen MR) is 315 cm³/mol. The molecule has 1 unspecified atom stereocenters. The van der Waals surface area contributed by atoms with Crippen molar-refractivity contribution in [2.75, 3.05) is 13.2 Å². The van der Waals surface area contributed by atoms with Gasteiger partial charge in [-0.05, 0) is 135 Å². The summed E-state index contributed by atoms with van der Waals surface area (Å²) in [5.41, 5.74) is 0. The van der Waals surface area contributed by atoms with Crippen LogP contribution in [0.15, 0.2) is 146 Å². The van der Waals surface area contributed by atoms with Crippen LogP contribution in [0.25, 0.3) is 0 Å². The molecule has 0 rings (SSSR count). The third-order valence-corrected chi connectivity index (χ3v) is 11.8. The third kappa shape index (κ3) is 58.1. The zero-order chi connectivity index (χ0) is 52.9. The van der Waals surface area contributed by atoms with E-state index in [1.807, 2.05) is 0 Å². The average Bonchev–Trinajstić information content (AvgIpc) is 3.39. The van der Waals surface area contributed by atoms with Gasteiger partial charge in [-0.25, -0.2) is 0 Å². The second kappa shape index (κ2) is 59.8. The molecule has 0 radical (unpaired) electrons.